The molecule has 2 aliphatic carbocycles. The summed E-state index contributed by atoms with van der Waals surface area (Å²) in [5, 5.41) is 21.5. The first kappa shape index (κ1) is 25.7. The summed E-state index contributed by atoms with van der Waals surface area (Å²) in [6.07, 6.45) is 4.82. The fourth-order valence-corrected chi connectivity index (χ4v) is 6.04. The highest BCUT2D eigenvalue weighted by Gasteiger charge is 2.39. The average molecular weight is 519 g/mol. The van der Waals surface area contributed by atoms with Crippen molar-refractivity contribution in [3.8, 4) is 11.5 Å². The molecule has 3 aromatic rings. The first-order chi connectivity index (χ1) is 18.4. The van der Waals surface area contributed by atoms with Crippen molar-refractivity contribution in [2.75, 3.05) is 0 Å². The number of carboxylic acids is 2. The molecule has 38 heavy (non-hydrogen) atoms. The molecule has 2 aliphatic rings. The number of hydrogen-bond donors (Lipinski definition) is 2. The lowest BCUT2D eigenvalue weighted by Gasteiger charge is -2.28. The number of benzene rings is 3. The van der Waals surface area contributed by atoms with Crippen LogP contribution in [0.2, 0.25) is 0 Å². The van der Waals surface area contributed by atoms with E-state index < -0.39 is 47.5 Å². The maximum atomic E-state index is 13.3. The SMILES string of the molecule is O=C(O)C1CCCCC1C(=O)Oc1c2ccccc2c(OC(=O)C2CCCCC2C(=O)O)c2ccccc12. The molecule has 0 bridgehead atoms. The van der Waals surface area contributed by atoms with Crippen molar-refractivity contribution < 1.29 is 38.9 Å². The number of hydrogen-bond acceptors (Lipinski definition) is 6. The second-order valence-corrected chi connectivity index (χ2v) is 10.3. The number of esters is 2. The van der Waals surface area contributed by atoms with Crippen LogP contribution in [-0.2, 0) is 19.2 Å². The molecule has 0 spiro atoms. The fourth-order valence-electron chi connectivity index (χ4n) is 6.04. The minimum atomic E-state index is -0.994. The smallest absolute Gasteiger partial charge is 0.315 e. The minimum Gasteiger partial charge on any atom is -0.481 e. The lowest BCUT2D eigenvalue weighted by Crippen LogP contribution is -2.35. The molecule has 2 fully saturated rings. The molecule has 3 aromatic carbocycles. The molecule has 0 radical (unpaired) electrons. The van der Waals surface area contributed by atoms with E-state index in [1.54, 1.807) is 48.5 Å². The Morgan fingerprint density at radius 1 is 0.526 bits per heavy atom. The van der Waals surface area contributed by atoms with Gasteiger partial charge in [0.25, 0.3) is 0 Å². The van der Waals surface area contributed by atoms with Gasteiger partial charge in [0.2, 0.25) is 0 Å². The van der Waals surface area contributed by atoms with Crippen LogP contribution in [-0.4, -0.2) is 34.1 Å². The summed E-state index contributed by atoms with van der Waals surface area (Å²) in [7, 11) is 0. The summed E-state index contributed by atoms with van der Waals surface area (Å²) in [4.78, 5) is 50.2. The van der Waals surface area contributed by atoms with E-state index in [1.165, 1.54) is 0 Å². The molecule has 198 valence electrons. The number of ether oxygens (including phenoxy) is 2. The molecule has 8 nitrogen and oxygen atoms in total. The van der Waals surface area contributed by atoms with Crippen LogP contribution in [0.4, 0.5) is 0 Å². The quantitative estimate of drug-likeness (QED) is 0.246. The van der Waals surface area contributed by atoms with E-state index in [2.05, 4.69) is 0 Å². The van der Waals surface area contributed by atoms with E-state index in [0.29, 0.717) is 47.2 Å². The van der Waals surface area contributed by atoms with E-state index in [9.17, 15) is 29.4 Å². The Labute approximate surface area is 219 Å². The van der Waals surface area contributed by atoms with Crippen LogP contribution in [0, 0.1) is 23.7 Å². The van der Waals surface area contributed by atoms with Crippen molar-refractivity contribution in [3.63, 3.8) is 0 Å². The largest absolute Gasteiger partial charge is 0.481 e. The van der Waals surface area contributed by atoms with Gasteiger partial charge in [0.05, 0.1) is 23.7 Å². The molecule has 4 atom stereocenters. The Bertz CT molecular complexity index is 1250. The molecule has 2 saturated carbocycles. The second kappa shape index (κ2) is 10.8. The summed E-state index contributed by atoms with van der Waals surface area (Å²) >= 11 is 0. The number of carboxylic acid groups (broad SMARTS) is 2. The Hall–Kier alpha value is -3.94. The van der Waals surface area contributed by atoms with Gasteiger partial charge in [0.15, 0.2) is 0 Å². The summed E-state index contributed by atoms with van der Waals surface area (Å²) in [5.41, 5.74) is 0. The predicted octanol–water partition coefficient (Wildman–Crippen LogP) is 5.59. The molecule has 0 aliphatic heterocycles. The van der Waals surface area contributed by atoms with Crippen LogP contribution < -0.4 is 9.47 Å². The van der Waals surface area contributed by atoms with Crippen LogP contribution in [0.25, 0.3) is 21.5 Å². The fraction of sp³-hybridized carbons (Fsp3) is 0.400. The molecule has 0 heterocycles. The van der Waals surface area contributed by atoms with Gasteiger partial charge in [-0.15, -0.1) is 0 Å². The third-order valence-corrected chi connectivity index (χ3v) is 8.01. The molecule has 2 N–H and O–H groups in total. The van der Waals surface area contributed by atoms with E-state index in [-0.39, 0.29) is 11.5 Å². The average Bonchev–Trinajstić information content (AvgIpc) is 2.94. The Morgan fingerprint density at radius 3 is 1.11 bits per heavy atom. The molecule has 0 aromatic heterocycles. The number of aliphatic carboxylic acids is 2. The van der Waals surface area contributed by atoms with Gasteiger partial charge in [0, 0.05) is 21.5 Å². The standard InChI is InChI=1S/C30H30O8/c31-27(32)21-13-5-7-15-23(21)29(35)37-25-17-9-1-2-10-18(17)26(20-12-4-3-11-19(20)25)38-30(36)24-16-8-6-14-22(24)28(33)34/h1-4,9-12,21-24H,5-8,13-16H2,(H,31,32)(H,33,34). The van der Waals surface area contributed by atoms with Gasteiger partial charge in [-0.05, 0) is 25.7 Å². The van der Waals surface area contributed by atoms with Crippen molar-refractivity contribution in [1.29, 1.82) is 0 Å². The first-order valence-electron chi connectivity index (χ1n) is 13.2. The molecule has 0 amide bonds. The monoisotopic (exact) mass is 518 g/mol. The van der Waals surface area contributed by atoms with Gasteiger partial charge < -0.3 is 19.7 Å². The summed E-state index contributed by atoms with van der Waals surface area (Å²) in [6.45, 7) is 0. The van der Waals surface area contributed by atoms with Gasteiger partial charge in [-0.3, -0.25) is 19.2 Å². The minimum absolute atomic E-state index is 0.289. The van der Waals surface area contributed by atoms with Crippen LogP contribution in [0.1, 0.15) is 51.4 Å². The van der Waals surface area contributed by atoms with Gasteiger partial charge in [0.1, 0.15) is 11.5 Å². The molecular weight excluding hydrogens is 488 g/mol. The third kappa shape index (κ3) is 4.83. The Morgan fingerprint density at radius 2 is 0.816 bits per heavy atom. The normalized spacial score (nSPS) is 23.6. The van der Waals surface area contributed by atoms with Crippen molar-refractivity contribution in [2.45, 2.75) is 51.4 Å². The van der Waals surface area contributed by atoms with Gasteiger partial charge in [-0.2, -0.15) is 0 Å². The van der Waals surface area contributed by atoms with Gasteiger partial charge in [-0.1, -0.05) is 74.2 Å². The van der Waals surface area contributed by atoms with Gasteiger partial charge in [-0.25, -0.2) is 0 Å². The van der Waals surface area contributed by atoms with Crippen LogP contribution in [0.15, 0.2) is 48.5 Å². The Balaban J connectivity index is 1.56. The maximum Gasteiger partial charge on any atom is 0.315 e. The zero-order valence-corrected chi connectivity index (χ0v) is 20.9. The zero-order valence-electron chi connectivity index (χ0n) is 20.9. The van der Waals surface area contributed by atoms with E-state index in [1.807, 2.05) is 0 Å². The van der Waals surface area contributed by atoms with Crippen molar-refractivity contribution >= 4 is 45.4 Å². The summed E-state index contributed by atoms with van der Waals surface area (Å²) in [6, 6.07) is 14.2. The number of carbonyl (C=O) groups is 4. The Kier molecular flexibility index (Phi) is 7.31. The highest BCUT2D eigenvalue weighted by Crippen LogP contribution is 2.44. The van der Waals surface area contributed by atoms with E-state index in [0.717, 1.165) is 25.7 Å². The zero-order chi connectivity index (χ0) is 26.8. The molecule has 4 unspecified atom stereocenters. The summed E-state index contributed by atoms with van der Waals surface area (Å²) in [5.74, 6) is -5.62. The van der Waals surface area contributed by atoms with Crippen molar-refractivity contribution in [2.24, 2.45) is 23.7 Å². The number of rotatable bonds is 6. The number of fused-ring (bicyclic) bond motifs is 2. The predicted molar refractivity (Wildman–Crippen MR) is 139 cm³/mol. The topological polar surface area (TPSA) is 127 Å². The van der Waals surface area contributed by atoms with Crippen LogP contribution in [0.5, 0.6) is 11.5 Å². The summed E-state index contributed by atoms with van der Waals surface area (Å²) < 4.78 is 11.9. The van der Waals surface area contributed by atoms with Crippen LogP contribution >= 0.6 is 0 Å². The van der Waals surface area contributed by atoms with Crippen molar-refractivity contribution in [1.82, 2.24) is 0 Å². The lowest BCUT2D eigenvalue weighted by molar-refractivity contribution is -0.154. The third-order valence-electron chi connectivity index (χ3n) is 8.01. The van der Waals surface area contributed by atoms with E-state index in [4.69, 9.17) is 9.47 Å². The number of carbonyl (C=O) groups excluding carboxylic acids is 2. The molecular formula is C30H30O8. The second-order valence-electron chi connectivity index (χ2n) is 10.3. The highest BCUT2D eigenvalue weighted by molar-refractivity contribution is 6.13. The molecule has 0 saturated heterocycles. The van der Waals surface area contributed by atoms with Crippen LogP contribution in [0.3, 0.4) is 0 Å². The molecule has 5 rings (SSSR count). The first-order valence-corrected chi connectivity index (χ1v) is 13.2. The lowest BCUT2D eigenvalue weighted by atomic mass is 9.79. The van der Waals surface area contributed by atoms with E-state index >= 15 is 0 Å². The highest BCUT2D eigenvalue weighted by atomic mass is 16.5. The molecule has 8 heteroatoms. The van der Waals surface area contributed by atoms with Crippen molar-refractivity contribution in [3.05, 3.63) is 48.5 Å². The van der Waals surface area contributed by atoms with Gasteiger partial charge >= 0.3 is 23.9 Å². The maximum absolute atomic E-state index is 13.3.